The van der Waals surface area contributed by atoms with Gasteiger partial charge in [-0.15, -0.1) is 0 Å². The van der Waals surface area contributed by atoms with Crippen molar-refractivity contribution in [3.63, 3.8) is 0 Å². The van der Waals surface area contributed by atoms with Gasteiger partial charge >= 0.3 is 18.0 Å². The summed E-state index contributed by atoms with van der Waals surface area (Å²) in [6.07, 6.45) is 3.20. The van der Waals surface area contributed by atoms with Crippen LogP contribution < -0.4 is 16.4 Å². The van der Waals surface area contributed by atoms with Crippen molar-refractivity contribution in [2.75, 3.05) is 12.3 Å². The monoisotopic (exact) mass is 373 g/mol. The lowest BCUT2D eigenvalue weighted by atomic mass is 10.0. The summed E-state index contributed by atoms with van der Waals surface area (Å²) in [5.41, 5.74) is 5.38. The summed E-state index contributed by atoms with van der Waals surface area (Å²) < 4.78 is 5.06. The lowest BCUT2D eigenvalue weighted by Crippen LogP contribution is -2.36. The van der Waals surface area contributed by atoms with Crippen LogP contribution in [0.15, 0.2) is 0 Å². The largest absolute Gasteiger partial charge is 0.479 e. The van der Waals surface area contributed by atoms with Crippen molar-refractivity contribution in [2.24, 2.45) is 5.73 Å². The van der Waals surface area contributed by atoms with E-state index in [4.69, 9.17) is 15.6 Å². The number of carboxylic acids is 1. The Morgan fingerprint density at radius 1 is 1.28 bits per heavy atom. The number of unbranched alkanes of at least 4 members (excludes halogenated alkanes) is 2. The van der Waals surface area contributed by atoms with Gasteiger partial charge in [0.1, 0.15) is 0 Å². The molecule has 0 aromatic heterocycles. The topological polar surface area (TPSA) is 131 Å². The Morgan fingerprint density at radius 3 is 2.80 bits per heavy atom. The molecule has 2 heterocycles. The van der Waals surface area contributed by atoms with Crippen molar-refractivity contribution in [1.82, 2.24) is 10.6 Å². The molecule has 5 N–H and O–H groups in total. The predicted octanol–water partition coefficient (Wildman–Crippen LogP) is 0.838. The van der Waals surface area contributed by atoms with Crippen LogP contribution in [-0.4, -0.2) is 58.8 Å². The number of carbonyl (C=O) groups excluding carboxylic acids is 2. The van der Waals surface area contributed by atoms with Crippen LogP contribution in [0.2, 0.25) is 0 Å². The van der Waals surface area contributed by atoms with E-state index in [1.165, 1.54) is 0 Å². The molecule has 2 fully saturated rings. The van der Waals surface area contributed by atoms with E-state index in [2.05, 4.69) is 10.6 Å². The van der Waals surface area contributed by atoms with Crippen molar-refractivity contribution >= 4 is 29.7 Å². The number of carboxylic acid groups (broad SMARTS) is 1. The number of carbonyl (C=O) groups is 3. The van der Waals surface area contributed by atoms with Crippen molar-refractivity contribution < 1.29 is 24.2 Å². The van der Waals surface area contributed by atoms with Crippen molar-refractivity contribution in [3.8, 4) is 0 Å². The molecule has 1 unspecified atom stereocenters. The molecule has 2 rings (SSSR count). The normalized spacial score (nSPS) is 25.8. The maximum Gasteiger partial charge on any atom is 0.345 e. The van der Waals surface area contributed by atoms with Crippen LogP contribution in [0.25, 0.3) is 0 Å². The van der Waals surface area contributed by atoms with Crippen LogP contribution in [0.5, 0.6) is 0 Å². The average molecular weight is 373 g/mol. The number of nitrogens with one attached hydrogen (secondary N) is 2. The van der Waals surface area contributed by atoms with E-state index < -0.39 is 18.0 Å². The number of esters is 1. The highest BCUT2D eigenvalue weighted by atomic mass is 32.2. The van der Waals surface area contributed by atoms with E-state index >= 15 is 0 Å². The number of nitrogens with two attached hydrogens (primary N) is 1. The zero-order valence-corrected chi connectivity index (χ0v) is 15.1. The third kappa shape index (κ3) is 6.07. The van der Waals surface area contributed by atoms with Gasteiger partial charge in [0, 0.05) is 17.4 Å². The van der Waals surface area contributed by atoms with Crippen LogP contribution in [0.1, 0.15) is 44.9 Å². The molecule has 25 heavy (non-hydrogen) atoms. The third-order valence-corrected chi connectivity index (χ3v) is 6.04. The first-order chi connectivity index (χ1) is 12.0. The number of urea groups is 1. The molecule has 0 aromatic rings. The number of rotatable bonds is 11. The van der Waals surface area contributed by atoms with Crippen molar-refractivity contribution in [3.05, 3.63) is 0 Å². The summed E-state index contributed by atoms with van der Waals surface area (Å²) in [5.74, 6) is -0.657. The van der Waals surface area contributed by atoms with E-state index in [1.807, 2.05) is 11.8 Å². The second-order valence-corrected chi connectivity index (χ2v) is 7.74. The van der Waals surface area contributed by atoms with Gasteiger partial charge in [0.05, 0.1) is 12.1 Å². The molecule has 2 amide bonds. The molecule has 0 aliphatic carbocycles. The predicted molar refractivity (Wildman–Crippen MR) is 94.4 cm³/mol. The lowest BCUT2D eigenvalue weighted by molar-refractivity contribution is -0.164. The number of thioether (sulfide) groups is 1. The fourth-order valence-electron chi connectivity index (χ4n) is 3.18. The molecule has 0 radical (unpaired) electrons. The van der Waals surface area contributed by atoms with Crippen LogP contribution in [-0.2, 0) is 14.3 Å². The summed E-state index contributed by atoms with van der Waals surface area (Å²) in [6, 6.07) is 0.277. The molecule has 2 aliphatic rings. The fourth-order valence-corrected chi connectivity index (χ4v) is 4.73. The molecule has 2 saturated heterocycles. The average Bonchev–Trinajstić information content (AvgIpc) is 3.10. The molecule has 0 spiro atoms. The highest BCUT2D eigenvalue weighted by molar-refractivity contribution is 8.00. The molecule has 0 aromatic carbocycles. The first kappa shape index (κ1) is 19.8. The lowest BCUT2D eigenvalue weighted by Gasteiger charge is -2.16. The van der Waals surface area contributed by atoms with Crippen molar-refractivity contribution in [1.29, 1.82) is 0 Å². The summed E-state index contributed by atoms with van der Waals surface area (Å²) in [7, 11) is 0. The molecular weight excluding hydrogens is 346 g/mol. The molecule has 2 aliphatic heterocycles. The van der Waals surface area contributed by atoms with Crippen LogP contribution in [0.4, 0.5) is 4.79 Å². The smallest absolute Gasteiger partial charge is 0.345 e. The van der Waals surface area contributed by atoms with Gasteiger partial charge in [-0.25, -0.2) is 9.59 Å². The summed E-state index contributed by atoms with van der Waals surface area (Å²) in [4.78, 5) is 34.3. The van der Waals surface area contributed by atoms with Gasteiger partial charge in [-0.05, 0) is 38.6 Å². The number of fused-ring (bicyclic) bond motifs is 1. The van der Waals surface area contributed by atoms with Crippen LogP contribution >= 0.6 is 11.8 Å². The number of amides is 2. The summed E-state index contributed by atoms with van der Waals surface area (Å²) in [5, 5.41) is 15.3. The summed E-state index contributed by atoms with van der Waals surface area (Å²) in [6.45, 7) is 0.497. The highest BCUT2D eigenvalue weighted by Crippen LogP contribution is 2.33. The van der Waals surface area contributed by atoms with Gasteiger partial charge in [0.15, 0.2) is 6.10 Å². The van der Waals surface area contributed by atoms with Gasteiger partial charge in [0.2, 0.25) is 0 Å². The SMILES string of the molecule is NCCCCC(OC(=O)CCCC[C@H]1SC[C@H]2NC(=O)N[C@H]21)C(=O)O. The fraction of sp³-hybridized carbons (Fsp3) is 0.812. The van der Waals surface area contributed by atoms with Crippen LogP contribution in [0, 0.1) is 0 Å². The quantitative estimate of drug-likeness (QED) is 0.240. The highest BCUT2D eigenvalue weighted by Gasteiger charge is 2.42. The standard InChI is InChI=1S/C16H27N3O5S/c17-8-4-3-5-11(15(21)22)24-13(20)7-2-1-6-12-14-10(9-25-12)18-16(23)19-14/h10-12,14H,1-9,17H2,(H,21,22)(H2,18,19,23)/t10-,11?,12-,14-/m1/s1. The Kier molecular flexibility index (Phi) is 7.83. The zero-order chi connectivity index (χ0) is 18.2. The molecular formula is C16H27N3O5S. The van der Waals surface area contributed by atoms with E-state index in [9.17, 15) is 14.4 Å². The van der Waals surface area contributed by atoms with Crippen molar-refractivity contribution in [2.45, 2.75) is 68.4 Å². The van der Waals surface area contributed by atoms with Gasteiger partial charge in [0.25, 0.3) is 0 Å². The maximum atomic E-state index is 11.8. The Balaban J connectivity index is 1.61. The Hall–Kier alpha value is -1.48. The number of ether oxygens (including phenoxy) is 1. The van der Waals surface area contributed by atoms with E-state index in [0.29, 0.717) is 37.5 Å². The maximum absolute atomic E-state index is 11.8. The first-order valence-electron chi connectivity index (χ1n) is 8.82. The second-order valence-electron chi connectivity index (χ2n) is 6.47. The first-order valence-corrected chi connectivity index (χ1v) is 9.87. The van der Waals surface area contributed by atoms with E-state index in [1.54, 1.807) is 0 Å². The van der Waals surface area contributed by atoms with E-state index in [-0.39, 0.29) is 24.5 Å². The molecule has 142 valence electrons. The van der Waals surface area contributed by atoms with Crippen LogP contribution in [0.3, 0.4) is 0 Å². The minimum absolute atomic E-state index is 0.0989. The third-order valence-electron chi connectivity index (χ3n) is 4.53. The van der Waals surface area contributed by atoms with E-state index in [0.717, 1.165) is 18.6 Å². The minimum Gasteiger partial charge on any atom is -0.479 e. The number of hydrogen-bond acceptors (Lipinski definition) is 6. The van der Waals surface area contributed by atoms with Gasteiger partial charge in [-0.2, -0.15) is 11.8 Å². The van der Waals surface area contributed by atoms with Gasteiger partial charge < -0.3 is 26.2 Å². The Labute approximate surface area is 151 Å². The zero-order valence-electron chi connectivity index (χ0n) is 14.2. The molecule has 9 heteroatoms. The Bertz CT molecular complexity index is 490. The number of hydrogen-bond donors (Lipinski definition) is 4. The minimum atomic E-state index is -1.11. The Morgan fingerprint density at radius 2 is 2.08 bits per heavy atom. The van der Waals surface area contributed by atoms with Gasteiger partial charge in [-0.3, -0.25) is 4.79 Å². The molecule has 8 nitrogen and oxygen atoms in total. The number of aliphatic carboxylic acids is 1. The second kappa shape index (κ2) is 9.86. The summed E-state index contributed by atoms with van der Waals surface area (Å²) >= 11 is 1.84. The molecule has 0 bridgehead atoms. The van der Waals surface area contributed by atoms with Gasteiger partial charge in [-0.1, -0.05) is 6.42 Å². The molecule has 4 atom stereocenters. The molecule has 0 saturated carbocycles.